The molecule has 1 heterocycles. The van der Waals surface area contributed by atoms with Crippen molar-refractivity contribution in [3.8, 4) is 0 Å². The molecule has 0 saturated carbocycles. The van der Waals surface area contributed by atoms with Crippen LogP contribution in [0.25, 0.3) is 0 Å². The first-order valence-corrected chi connectivity index (χ1v) is 6.31. The lowest BCUT2D eigenvalue weighted by molar-refractivity contribution is -0.150. The van der Waals surface area contributed by atoms with Crippen molar-refractivity contribution in [1.29, 1.82) is 0 Å². The average Bonchev–Trinajstić information content (AvgIpc) is 2.84. The highest BCUT2D eigenvalue weighted by Crippen LogP contribution is 2.25. The van der Waals surface area contributed by atoms with Crippen molar-refractivity contribution in [3.63, 3.8) is 0 Å². The Morgan fingerprint density at radius 2 is 2.05 bits per heavy atom. The third-order valence-electron chi connectivity index (χ3n) is 3.11. The fourth-order valence-electron chi connectivity index (χ4n) is 1.97. The highest BCUT2D eigenvalue weighted by atomic mass is 35.5. The molecule has 5 nitrogen and oxygen atoms in total. The number of rotatable bonds is 3. The molecule has 1 aliphatic rings. The molecule has 0 spiro atoms. The summed E-state index contributed by atoms with van der Waals surface area (Å²) in [5.41, 5.74) is 1.38. The molecule has 0 unspecified atom stereocenters. The summed E-state index contributed by atoms with van der Waals surface area (Å²) in [7, 11) is 0. The van der Waals surface area contributed by atoms with Crippen LogP contribution in [-0.4, -0.2) is 29.2 Å². The van der Waals surface area contributed by atoms with Crippen LogP contribution >= 0.6 is 11.6 Å². The van der Waals surface area contributed by atoms with E-state index < -0.39 is 18.2 Å². The van der Waals surface area contributed by atoms with Crippen molar-refractivity contribution in [3.05, 3.63) is 28.8 Å². The molecule has 2 N–H and O–H groups in total. The minimum atomic E-state index is -1.03. The molecule has 6 heteroatoms. The predicted molar refractivity (Wildman–Crippen MR) is 70.3 cm³/mol. The second kappa shape index (κ2) is 5.59. The first-order chi connectivity index (χ1) is 8.99. The molecule has 1 aliphatic heterocycles. The van der Waals surface area contributed by atoms with Gasteiger partial charge in [-0.15, -0.1) is 0 Å². The number of carboxylic acids is 1. The summed E-state index contributed by atoms with van der Waals surface area (Å²) < 4.78 is 5.18. The molecular formula is C13H14ClNO4. The van der Waals surface area contributed by atoms with Gasteiger partial charge in [0.2, 0.25) is 0 Å². The Kier molecular flexibility index (Phi) is 4.07. The lowest BCUT2D eigenvalue weighted by Gasteiger charge is -2.13. The fraction of sp³-hybridized carbons (Fsp3) is 0.385. The maximum atomic E-state index is 12.0. The number of hydrogen-bond donors (Lipinski definition) is 2. The number of ether oxygens (including phenoxy) is 1. The second-order valence-electron chi connectivity index (χ2n) is 4.43. The summed E-state index contributed by atoms with van der Waals surface area (Å²) in [6, 6.07) is 5.21. The maximum absolute atomic E-state index is 12.0. The highest BCUT2D eigenvalue weighted by Gasteiger charge is 2.34. The normalized spacial score (nSPS) is 22.2. The molecule has 1 saturated heterocycles. The van der Waals surface area contributed by atoms with Gasteiger partial charge in [0.1, 0.15) is 6.10 Å². The van der Waals surface area contributed by atoms with Crippen LogP contribution in [-0.2, 0) is 14.3 Å². The molecule has 0 aliphatic carbocycles. The van der Waals surface area contributed by atoms with Crippen molar-refractivity contribution < 1.29 is 19.4 Å². The van der Waals surface area contributed by atoms with E-state index in [2.05, 4.69) is 5.32 Å². The van der Waals surface area contributed by atoms with Gasteiger partial charge in [-0.1, -0.05) is 17.7 Å². The Hall–Kier alpha value is -1.59. The Bertz CT molecular complexity index is 517. The first kappa shape index (κ1) is 13.8. The van der Waals surface area contributed by atoms with Crippen molar-refractivity contribution >= 4 is 29.2 Å². The number of nitrogens with one attached hydrogen (secondary N) is 1. The van der Waals surface area contributed by atoms with Gasteiger partial charge in [-0.3, -0.25) is 4.79 Å². The number of aliphatic carboxylic acids is 1. The van der Waals surface area contributed by atoms with Crippen molar-refractivity contribution in [2.45, 2.75) is 32.0 Å². The van der Waals surface area contributed by atoms with Gasteiger partial charge in [-0.2, -0.15) is 0 Å². The van der Waals surface area contributed by atoms with E-state index in [1.807, 2.05) is 0 Å². The van der Waals surface area contributed by atoms with Crippen LogP contribution in [0.1, 0.15) is 18.4 Å². The standard InChI is InChI=1S/C13H14ClNO4/c1-7-8(14)3-2-4-9(7)15-12(16)10-5-6-11(19-10)13(17)18/h2-4,10-11H,5-6H2,1H3,(H,15,16)(H,17,18)/t10-,11+/m0/s1. The summed E-state index contributed by atoms with van der Waals surface area (Å²) in [5, 5.41) is 12.1. The molecule has 1 fully saturated rings. The minimum absolute atomic E-state index is 0.339. The van der Waals surface area contributed by atoms with Gasteiger partial charge in [0.25, 0.3) is 5.91 Å². The van der Waals surface area contributed by atoms with Crippen LogP contribution in [0.2, 0.25) is 5.02 Å². The summed E-state index contributed by atoms with van der Waals surface area (Å²) in [5.74, 6) is -1.37. The Morgan fingerprint density at radius 3 is 2.68 bits per heavy atom. The molecular weight excluding hydrogens is 270 g/mol. The van der Waals surface area contributed by atoms with Crippen LogP contribution in [0, 0.1) is 6.92 Å². The topological polar surface area (TPSA) is 75.6 Å². The van der Waals surface area contributed by atoms with Crippen LogP contribution in [0.3, 0.4) is 0 Å². The molecule has 0 bridgehead atoms. The zero-order valence-corrected chi connectivity index (χ0v) is 11.1. The molecule has 1 aromatic rings. The lowest BCUT2D eigenvalue weighted by atomic mass is 10.1. The molecule has 1 amide bonds. The second-order valence-corrected chi connectivity index (χ2v) is 4.84. The van der Waals surface area contributed by atoms with Crippen LogP contribution < -0.4 is 5.32 Å². The number of carbonyl (C=O) groups is 2. The summed E-state index contributed by atoms with van der Waals surface area (Å²) >= 11 is 5.96. The van der Waals surface area contributed by atoms with Gasteiger partial charge in [0.05, 0.1) is 0 Å². The van der Waals surface area contributed by atoms with Gasteiger partial charge < -0.3 is 15.2 Å². The molecule has 0 radical (unpaired) electrons. The largest absolute Gasteiger partial charge is 0.479 e. The zero-order valence-electron chi connectivity index (χ0n) is 10.4. The van der Waals surface area contributed by atoms with Gasteiger partial charge in [0.15, 0.2) is 6.10 Å². The fourth-order valence-corrected chi connectivity index (χ4v) is 2.14. The van der Waals surface area contributed by atoms with Crippen LogP contribution in [0.5, 0.6) is 0 Å². The van der Waals surface area contributed by atoms with E-state index in [9.17, 15) is 9.59 Å². The molecule has 1 aromatic carbocycles. The van der Waals surface area contributed by atoms with Crippen molar-refractivity contribution in [2.24, 2.45) is 0 Å². The molecule has 2 atom stereocenters. The summed E-state index contributed by atoms with van der Waals surface area (Å²) in [4.78, 5) is 22.7. The molecule has 2 rings (SSSR count). The van der Waals surface area contributed by atoms with E-state index >= 15 is 0 Å². The highest BCUT2D eigenvalue weighted by molar-refractivity contribution is 6.31. The van der Waals surface area contributed by atoms with Crippen LogP contribution in [0.15, 0.2) is 18.2 Å². The van der Waals surface area contributed by atoms with Gasteiger partial charge in [0, 0.05) is 10.7 Å². The Balaban J connectivity index is 2.02. The monoisotopic (exact) mass is 283 g/mol. The first-order valence-electron chi connectivity index (χ1n) is 5.93. The molecule has 102 valence electrons. The van der Waals surface area contributed by atoms with Gasteiger partial charge >= 0.3 is 5.97 Å². The zero-order chi connectivity index (χ0) is 14.0. The lowest BCUT2D eigenvalue weighted by Crippen LogP contribution is -2.30. The number of amides is 1. The van der Waals surface area contributed by atoms with Crippen molar-refractivity contribution in [2.75, 3.05) is 5.32 Å². The number of carbonyl (C=O) groups excluding carboxylic acids is 1. The number of anilines is 1. The summed E-state index contributed by atoms with van der Waals surface area (Å²) in [6.07, 6.45) is -0.861. The SMILES string of the molecule is Cc1c(Cl)cccc1NC(=O)[C@@H]1CC[C@H](C(=O)O)O1. The van der Waals surface area contributed by atoms with E-state index in [0.29, 0.717) is 23.6 Å². The van der Waals surface area contributed by atoms with Crippen LogP contribution in [0.4, 0.5) is 5.69 Å². The van der Waals surface area contributed by atoms with Crippen molar-refractivity contribution in [1.82, 2.24) is 0 Å². The maximum Gasteiger partial charge on any atom is 0.332 e. The average molecular weight is 284 g/mol. The number of hydrogen-bond acceptors (Lipinski definition) is 3. The van der Waals surface area contributed by atoms with E-state index in [0.717, 1.165) is 5.56 Å². The third-order valence-corrected chi connectivity index (χ3v) is 3.52. The Labute approximate surface area is 115 Å². The minimum Gasteiger partial charge on any atom is -0.479 e. The molecule has 0 aromatic heterocycles. The number of halogens is 1. The van der Waals surface area contributed by atoms with E-state index in [1.54, 1.807) is 25.1 Å². The Morgan fingerprint density at radius 1 is 1.37 bits per heavy atom. The molecule has 19 heavy (non-hydrogen) atoms. The van der Waals surface area contributed by atoms with E-state index in [-0.39, 0.29) is 5.91 Å². The smallest absolute Gasteiger partial charge is 0.332 e. The number of benzene rings is 1. The quantitative estimate of drug-likeness (QED) is 0.892. The number of carboxylic acid groups (broad SMARTS) is 1. The van der Waals surface area contributed by atoms with Gasteiger partial charge in [-0.05, 0) is 37.5 Å². The van der Waals surface area contributed by atoms with E-state index in [1.165, 1.54) is 0 Å². The summed E-state index contributed by atoms with van der Waals surface area (Å²) in [6.45, 7) is 1.80. The predicted octanol–water partition coefficient (Wildman–Crippen LogP) is 2.22. The van der Waals surface area contributed by atoms with Gasteiger partial charge in [-0.25, -0.2) is 4.79 Å². The third kappa shape index (κ3) is 3.05. The van der Waals surface area contributed by atoms with E-state index in [4.69, 9.17) is 21.4 Å².